The van der Waals surface area contributed by atoms with Crippen molar-refractivity contribution in [1.82, 2.24) is 14.1 Å². The topological polar surface area (TPSA) is 60.9 Å². The van der Waals surface area contributed by atoms with E-state index in [1.807, 2.05) is 0 Å². The molecule has 0 aromatic carbocycles. The summed E-state index contributed by atoms with van der Waals surface area (Å²) >= 11 is 0. The van der Waals surface area contributed by atoms with Gasteiger partial charge < -0.3 is 9.80 Å². The second kappa shape index (κ2) is 6.71. The fourth-order valence-electron chi connectivity index (χ4n) is 2.40. The normalized spacial score (nSPS) is 24.0. The van der Waals surface area contributed by atoms with Crippen molar-refractivity contribution in [1.29, 1.82) is 0 Å². The Balaban J connectivity index is 2.87. The van der Waals surface area contributed by atoms with E-state index in [0.29, 0.717) is 0 Å². The van der Waals surface area contributed by atoms with Crippen molar-refractivity contribution in [2.75, 3.05) is 47.8 Å². The highest BCUT2D eigenvalue weighted by Crippen LogP contribution is 2.37. The van der Waals surface area contributed by atoms with Crippen molar-refractivity contribution in [3.8, 4) is 0 Å². The molecule has 0 bridgehead atoms. The molecule has 1 heterocycles. The monoisotopic (exact) mass is 345 g/mol. The maximum Gasteiger partial charge on any atom is 0.394 e. The van der Waals surface area contributed by atoms with Crippen LogP contribution in [0.4, 0.5) is 13.2 Å². The van der Waals surface area contributed by atoms with E-state index in [2.05, 4.69) is 0 Å². The molecule has 0 spiro atoms. The highest BCUT2D eigenvalue weighted by molar-refractivity contribution is 7.89. The highest BCUT2D eigenvalue weighted by atomic mass is 32.2. The molecule has 1 amide bonds. The molecule has 6 nitrogen and oxygen atoms in total. The Hall–Kier alpha value is -0.870. The number of carbonyl (C=O) groups excluding carboxylic acids is 1. The second-order valence-electron chi connectivity index (χ2n) is 5.81. The number of hydrogen-bond acceptors (Lipinski definition) is 4. The Morgan fingerprint density at radius 1 is 1.18 bits per heavy atom. The minimum Gasteiger partial charge on any atom is -0.349 e. The molecule has 1 fully saturated rings. The minimum atomic E-state index is -4.59. The van der Waals surface area contributed by atoms with E-state index in [1.54, 1.807) is 14.1 Å². The molecule has 0 aliphatic carbocycles. The first-order valence-corrected chi connectivity index (χ1v) is 8.28. The van der Waals surface area contributed by atoms with Crippen LogP contribution in [0.1, 0.15) is 6.42 Å². The SMILES string of the molecule is CN(C)C(=O)CCN1C[C@@H](C(F)(F)F)[C@H](S(=O)(=O)N(C)C)C1. The molecule has 10 heteroatoms. The van der Waals surface area contributed by atoms with E-state index in [9.17, 15) is 26.4 Å². The van der Waals surface area contributed by atoms with E-state index < -0.39 is 33.9 Å². The number of likely N-dealkylation sites (tertiary alicyclic amines) is 1. The van der Waals surface area contributed by atoms with Crippen molar-refractivity contribution < 1.29 is 26.4 Å². The molecule has 22 heavy (non-hydrogen) atoms. The smallest absolute Gasteiger partial charge is 0.349 e. The number of halogens is 3. The Kier molecular flexibility index (Phi) is 5.85. The Morgan fingerprint density at radius 2 is 1.73 bits per heavy atom. The lowest BCUT2D eigenvalue weighted by Crippen LogP contribution is -2.43. The van der Waals surface area contributed by atoms with Crippen LogP contribution < -0.4 is 0 Å². The average Bonchev–Trinajstić information content (AvgIpc) is 2.80. The van der Waals surface area contributed by atoms with Crippen molar-refractivity contribution in [2.45, 2.75) is 17.8 Å². The summed E-state index contributed by atoms with van der Waals surface area (Å²) in [4.78, 5) is 14.3. The zero-order valence-corrected chi connectivity index (χ0v) is 13.9. The van der Waals surface area contributed by atoms with Crippen molar-refractivity contribution in [3.63, 3.8) is 0 Å². The third-order valence-electron chi connectivity index (χ3n) is 3.79. The number of carbonyl (C=O) groups is 1. The Morgan fingerprint density at radius 3 is 2.14 bits per heavy atom. The molecule has 1 saturated heterocycles. The summed E-state index contributed by atoms with van der Waals surface area (Å²) in [6, 6.07) is 0. The fraction of sp³-hybridized carbons (Fsp3) is 0.917. The third-order valence-corrected chi connectivity index (χ3v) is 6.06. The molecule has 1 aliphatic rings. The van der Waals surface area contributed by atoms with Gasteiger partial charge in [0.1, 0.15) is 5.25 Å². The van der Waals surface area contributed by atoms with Gasteiger partial charge in [0.05, 0.1) is 5.92 Å². The highest BCUT2D eigenvalue weighted by Gasteiger charge is 2.54. The molecule has 0 unspecified atom stereocenters. The molecular formula is C12H22F3N3O3S. The third kappa shape index (κ3) is 4.32. The van der Waals surface area contributed by atoms with E-state index >= 15 is 0 Å². The lowest BCUT2D eigenvalue weighted by molar-refractivity contribution is -0.169. The second-order valence-corrected chi connectivity index (χ2v) is 8.18. The Bertz CT molecular complexity index is 505. The summed E-state index contributed by atoms with van der Waals surface area (Å²) in [5, 5.41) is -1.53. The van der Waals surface area contributed by atoms with Gasteiger partial charge in [-0.2, -0.15) is 13.2 Å². The number of hydrogen-bond donors (Lipinski definition) is 0. The number of nitrogens with zero attached hydrogens (tertiary/aromatic N) is 3. The van der Waals surface area contributed by atoms with Gasteiger partial charge in [-0.05, 0) is 0 Å². The molecule has 0 N–H and O–H groups in total. The van der Waals surface area contributed by atoms with Gasteiger partial charge in [0.2, 0.25) is 15.9 Å². The van der Waals surface area contributed by atoms with E-state index in [0.717, 1.165) is 4.31 Å². The van der Waals surface area contributed by atoms with Gasteiger partial charge in [-0.3, -0.25) is 4.79 Å². The van der Waals surface area contributed by atoms with E-state index in [4.69, 9.17) is 0 Å². The molecule has 1 rings (SSSR count). The van der Waals surface area contributed by atoms with Crippen LogP contribution in [0.25, 0.3) is 0 Å². The molecule has 0 aromatic rings. The van der Waals surface area contributed by atoms with Crippen molar-refractivity contribution >= 4 is 15.9 Å². The molecule has 0 aromatic heterocycles. The Labute approximate surface area is 128 Å². The number of alkyl halides is 3. The van der Waals surface area contributed by atoms with Gasteiger partial charge in [-0.1, -0.05) is 0 Å². The number of amides is 1. The quantitative estimate of drug-likeness (QED) is 0.715. The summed E-state index contributed by atoms with van der Waals surface area (Å²) in [6.45, 7) is -0.504. The van der Waals surface area contributed by atoms with Crippen LogP contribution >= 0.6 is 0 Å². The standard InChI is InChI=1S/C12H22F3N3O3S/c1-16(2)11(19)5-6-18-7-9(12(13,14)15)10(8-18)22(20,21)17(3)4/h9-10H,5-8H2,1-4H3/t9-,10-/m1/s1. The van der Waals surface area contributed by atoms with Crippen LogP contribution in [0.15, 0.2) is 0 Å². The molecular weight excluding hydrogens is 323 g/mol. The van der Waals surface area contributed by atoms with Gasteiger partial charge >= 0.3 is 6.18 Å². The van der Waals surface area contributed by atoms with Crippen LogP contribution in [-0.4, -0.2) is 87.7 Å². The number of rotatable bonds is 5. The summed E-state index contributed by atoms with van der Waals surface area (Å²) < 4.78 is 64.4. The summed E-state index contributed by atoms with van der Waals surface area (Å²) in [5.41, 5.74) is 0. The van der Waals surface area contributed by atoms with Gasteiger partial charge in [-0.25, -0.2) is 12.7 Å². The lowest BCUT2D eigenvalue weighted by Gasteiger charge is -2.24. The first-order valence-electron chi connectivity index (χ1n) is 6.78. The van der Waals surface area contributed by atoms with Crippen LogP contribution in [0, 0.1) is 5.92 Å². The van der Waals surface area contributed by atoms with Crippen LogP contribution in [-0.2, 0) is 14.8 Å². The van der Waals surface area contributed by atoms with Crippen molar-refractivity contribution in [3.05, 3.63) is 0 Å². The van der Waals surface area contributed by atoms with Crippen LogP contribution in [0.3, 0.4) is 0 Å². The van der Waals surface area contributed by atoms with Gasteiger partial charge in [0, 0.05) is 54.2 Å². The predicted octanol–water partition coefficient (Wildman–Crippen LogP) is 0.219. The van der Waals surface area contributed by atoms with Gasteiger partial charge in [0.25, 0.3) is 0 Å². The zero-order valence-electron chi connectivity index (χ0n) is 13.1. The predicted molar refractivity (Wildman–Crippen MR) is 75.7 cm³/mol. The largest absolute Gasteiger partial charge is 0.394 e. The molecule has 2 atom stereocenters. The van der Waals surface area contributed by atoms with Crippen LogP contribution in [0.5, 0.6) is 0 Å². The summed E-state index contributed by atoms with van der Waals surface area (Å²) in [6.07, 6.45) is -4.53. The molecule has 130 valence electrons. The van der Waals surface area contributed by atoms with E-state index in [1.165, 1.54) is 23.9 Å². The molecule has 0 radical (unpaired) electrons. The maximum atomic E-state index is 13.1. The van der Waals surface area contributed by atoms with Gasteiger partial charge in [-0.15, -0.1) is 0 Å². The molecule has 1 aliphatic heterocycles. The summed E-state index contributed by atoms with van der Waals surface area (Å²) in [7, 11) is 1.55. The average molecular weight is 345 g/mol. The fourth-order valence-corrected chi connectivity index (χ4v) is 4.00. The van der Waals surface area contributed by atoms with Gasteiger partial charge in [0.15, 0.2) is 0 Å². The van der Waals surface area contributed by atoms with Crippen molar-refractivity contribution in [2.24, 2.45) is 5.92 Å². The van der Waals surface area contributed by atoms with Crippen LogP contribution in [0.2, 0.25) is 0 Å². The number of sulfonamides is 1. The maximum absolute atomic E-state index is 13.1. The first kappa shape index (κ1) is 19.2. The summed E-state index contributed by atoms with van der Waals surface area (Å²) in [5.74, 6) is -2.14. The first-order chi connectivity index (χ1) is 9.87. The zero-order chi connectivity index (χ0) is 17.3. The minimum absolute atomic E-state index is 0.0618. The molecule has 0 saturated carbocycles. The lowest BCUT2D eigenvalue weighted by atomic mass is 10.1. The van der Waals surface area contributed by atoms with E-state index in [-0.39, 0.29) is 25.4 Å².